The molecule has 2 unspecified atom stereocenters. The minimum absolute atomic E-state index is 0.0345. The second-order valence-electron chi connectivity index (χ2n) is 13.8. The first-order chi connectivity index (χ1) is 28.6. The molecule has 0 aliphatic carbocycles. The average Bonchev–Trinajstić information content (AvgIpc) is 3.92. The maximum atomic E-state index is 14.3. The summed E-state index contributed by atoms with van der Waals surface area (Å²) in [7, 11) is 0. The van der Waals surface area contributed by atoms with E-state index in [0.29, 0.717) is 62.3 Å². The quantitative estimate of drug-likeness (QED) is 0.0914. The number of hydrogen-bond acceptors (Lipinski definition) is 13. The number of carbonyl (C=O) groups excluding carboxylic acids is 6. The molecule has 3 N–H and O–H groups in total. The van der Waals surface area contributed by atoms with Gasteiger partial charge in [0.05, 0.1) is 44.2 Å². The number of piperidine rings is 1. The van der Waals surface area contributed by atoms with Crippen molar-refractivity contribution in [3.63, 3.8) is 0 Å². The highest BCUT2D eigenvalue weighted by atomic mass is 32.1. The summed E-state index contributed by atoms with van der Waals surface area (Å²) in [5, 5.41) is 17.5. The van der Waals surface area contributed by atoms with Gasteiger partial charge in [0.25, 0.3) is 23.6 Å². The van der Waals surface area contributed by atoms with Gasteiger partial charge in [-0.05, 0) is 66.8 Å². The number of carbonyl (C=O) groups is 6. The van der Waals surface area contributed by atoms with Crippen LogP contribution >= 0.6 is 11.3 Å². The molecule has 308 valence electrons. The fourth-order valence-electron chi connectivity index (χ4n) is 7.19. The summed E-state index contributed by atoms with van der Waals surface area (Å²) in [6.07, 6.45) is 2.77. The predicted molar refractivity (Wildman–Crippen MR) is 207 cm³/mol. The Morgan fingerprint density at radius 2 is 1.66 bits per heavy atom. The zero-order chi connectivity index (χ0) is 41.5. The van der Waals surface area contributed by atoms with Crippen LogP contribution in [0.1, 0.15) is 73.1 Å². The molecule has 7 rings (SSSR count). The molecule has 2 atom stereocenters. The molecule has 4 heterocycles. The number of imide groups is 2. The van der Waals surface area contributed by atoms with Crippen molar-refractivity contribution in [1.82, 2.24) is 20.1 Å². The summed E-state index contributed by atoms with van der Waals surface area (Å²) in [4.78, 5) is 83.4. The fraction of sp³-hybridized carbons (Fsp3) is 0.341. The SMILES string of the molecule is O=C1CCC(N2C(=O)c3ccc(OCCOCCOCCOCCCc4cccc5c4C(=O)N(C(C(=O)Nc4nccs4)c4cc(F)ccc4O)C5)cc3C2=O)C(=O)N1. The number of phenols is 1. The fourth-order valence-corrected chi connectivity index (χ4v) is 7.73. The van der Waals surface area contributed by atoms with Crippen molar-refractivity contribution in [2.24, 2.45) is 0 Å². The summed E-state index contributed by atoms with van der Waals surface area (Å²) < 4.78 is 36.9. The summed E-state index contributed by atoms with van der Waals surface area (Å²) in [5.74, 6) is -3.96. The second-order valence-corrected chi connectivity index (χ2v) is 14.7. The average molecular weight is 830 g/mol. The van der Waals surface area contributed by atoms with E-state index >= 15 is 0 Å². The molecule has 3 aromatic carbocycles. The number of benzene rings is 3. The van der Waals surface area contributed by atoms with Crippen molar-refractivity contribution in [2.75, 3.05) is 51.6 Å². The number of halogens is 1. The molecule has 0 saturated carbocycles. The van der Waals surface area contributed by atoms with Gasteiger partial charge in [-0.3, -0.25) is 44.3 Å². The van der Waals surface area contributed by atoms with E-state index in [0.717, 1.165) is 34.2 Å². The third-order valence-electron chi connectivity index (χ3n) is 9.95. The van der Waals surface area contributed by atoms with Crippen LogP contribution in [0.15, 0.2) is 66.2 Å². The number of fused-ring (bicyclic) bond motifs is 2. The smallest absolute Gasteiger partial charge is 0.262 e. The molecule has 59 heavy (non-hydrogen) atoms. The van der Waals surface area contributed by atoms with Gasteiger partial charge in [0.1, 0.15) is 36.0 Å². The molecule has 3 aliphatic rings. The normalized spacial score (nSPS) is 16.6. The number of nitrogens with one attached hydrogen (secondary N) is 2. The van der Waals surface area contributed by atoms with E-state index in [1.54, 1.807) is 11.4 Å². The number of hydrogen-bond donors (Lipinski definition) is 3. The van der Waals surface area contributed by atoms with Crippen molar-refractivity contribution in [1.29, 1.82) is 0 Å². The Morgan fingerprint density at radius 3 is 2.41 bits per heavy atom. The van der Waals surface area contributed by atoms with Crippen LogP contribution in [0.3, 0.4) is 0 Å². The predicted octanol–water partition coefficient (Wildman–Crippen LogP) is 3.79. The highest BCUT2D eigenvalue weighted by molar-refractivity contribution is 7.13. The van der Waals surface area contributed by atoms with Crippen LogP contribution in [0, 0.1) is 5.82 Å². The number of ether oxygens (including phenoxy) is 4. The Bertz CT molecular complexity index is 2250. The number of thiazole rings is 1. The van der Waals surface area contributed by atoms with E-state index in [-0.39, 0.29) is 55.0 Å². The molecule has 4 aromatic rings. The van der Waals surface area contributed by atoms with Gasteiger partial charge in [-0.2, -0.15) is 0 Å². The van der Waals surface area contributed by atoms with E-state index in [4.69, 9.17) is 18.9 Å². The number of anilines is 1. The van der Waals surface area contributed by atoms with Crippen LogP contribution in [0.2, 0.25) is 0 Å². The van der Waals surface area contributed by atoms with Gasteiger partial charge in [-0.1, -0.05) is 18.2 Å². The lowest BCUT2D eigenvalue weighted by Crippen LogP contribution is -2.54. The Kier molecular flexibility index (Phi) is 13.0. The zero-order valence-electron chi connectivity index (χ0n) is 31.6. The van der Waals surface area contributed by atoms with Crippen LogP contribution in [-0.2, 0) is 41.6 Å². The highest BCUT2D eigenvalue weighted by Gasteiger charge is 2.45. The van der Waals surface area contributed by atoms with E-state index in [1.165, 1.54) is 34.6 Å². The highest BCUT2D eigenvalue weighted by Crippen LogP contribution is 2.38. The first kappa shape index (κ1) is 41.1. The number of aromatic hydroxyl groups is 1. The monoisotopic (exact) mass is 829 g/mol. The summed E-state index contributed by atoms with van der Waals surface area (Å²) in [6.45, 7) is 2.22. The van der Waals surface area contributed by atoms with Crippen LogP contribution in [-0.4, -0.2) is 108 Å². The van der Waals surface area contributed by atoms with Gasteiger partial charge in [-0.25, -0.2) is 9.37 Å². The van der Waals surface area contributed by atoms with E-state index in [1.807, 2.05) is 18.2 Å². The minimum atomic E-state index is -1.31. The third-order valence-corrected chi connectivity index (χ3v) is 10.6. The third kappa shape index (κ3) is 9.30. The van der Waals surface area contributed by atoms with Crippen LogP contribution in [0.25, 0.3) is 0 Å². The second kappa shape index (κ2) is 18.7. The molecule has 1 aromatic heterocycles. The Labute approximate surface area is 341 Å². The maximum Gasteiger partial charge on any atom is 0.262 e. The van der Waals surface area contributed by atoms with E-state index in [9.17, 15) is 38.3 Å². The van der Waals surface area contributed by atoms with Crippen molar-refractivity contribution in [3.05, 3.63) is 105 Å². The Hall–Kier alpha value is -6.08. The molecule has 18 heteroatoms. The summed E-state index contributed by atoms with van der Waals surface area (Å²) >= 11 is 1.19. The van der Waals surface area contributed by atoms with Crippen LogP contribution in [0.4, 0.5) is 9.52 Å². The molecule has 1 fully saturated rings. The van der Waals surface area contributed by atoms with Gasteiger partial charge < -0.3 is 29.0 Å². The van der Waals surface area contributed by atoms with Gasteiger partial charge >= 0.3 is 0 Å². The first-order valence-corrected chi connectivity index (χ1v) is 19.8. The van der Waals surface area contributed by atoms with Gasteiger partial charge in [-0.15, -0.1) is 11.3 Å². The van der Waals surface area contributed by atoms with Crippen molar-refractivity contribution in [3.8, 4) is 11.5 Å². The molecule has 1 saturated heterocycles. The largest absolute Gasteiger partial charge is 0.508 e. The molecule has 6 amide bonds. The maximum absolute atomic E-state index is 14.3. The van der Waals surface area contributed by atoms with Crippen LogP contribution in [0.5, 0.6) is 11.5 Å². The van der Waals surface area contributed by atoms with Gasteiger partial charge in [0, 0.05) is 42.3 Å². The number of aryl methyl sites for hydroxylation is 1. The molecule has 0 radical (unpaired) electrons. The Balaban J connectivity index is 0.791. The number of amides is 6. The van der Waals surface area contributed by atoms with Crippen molar-refractivity contribution < 1.29 is 57.2 Å². The first-order valence-electron chi connectivity index (χ1n) is 18.9. The molecule has 0 bridgehead atoms. The van der Waals surface area contributed by atoms with Gasteiger partial charge in [0.15, 0.2) is 5.13 Å². The standard InChI is InChI=1S/C41H40FN5O11S/c42-26-6-10-32(48)30(21-26)35(37(51)45-41-43-12-20-59-41)46-23-25-4-1-3-24(34(25)40(46)54)5-2-13-55-14-15-56-16-17-57-18-19-58-27-7-8-28-29(22-27)39(53)47(38(28)52)31-9-11-33(49)44-36(31)50/h1,3-4,6-8,10,12,20-22,31,35,48H,2,5,9,11,13-19,23H2,(H,43,45,51)(H,44,49,50). The van der Waals surface area contributed by atoms with Crippen molar-refractivity contribution in [2.45, 2.75) is 44.3 Å². The Morgan fingerprint density at radius 1 is 0.915 bits per heavy atom. The van der Waals surface area contributed by atoms with Crippen LogP contribution < -0.4 is 15.4 Å². The lowest BCUT2D eigenvalue weighted by atomic mass is 9.99. The van der Waals surface area contributed by atoms with Crippen molar-refractivity contribution >= 4 is 51.9 Å². The van der Waals surface area contributed by atoms with Gasteiger partial charge in [0.2, 0.25) is 11.8 Å². The summed E-state index contributed by atoms with van der Waals surface area (Å²) in [6, 6.07) is 10.9. The van der Waals surface area contributed by atoms with E-state index in [2.05, 4.69) is 15.6 Å². The molecule has 3 aliphatic heterocycles. The number of phenolic OH excluding ortho intramolecular Hbond substituents is 1. The lowest BCUT2D eigenvalue weighted by molar-refractivity contribution is -0.136. The number of aromatic nitrogens is 1. The van der Waals surface area contributed by atoms with E-state index < -0.39 is 53.3 Å². The minimum Gasteiger partial charge on any atom is -0.508 e. The summed E-state index contributed by atoms with van der Waals surface area (Å²) in [5.41, 5.74) is 2.24. The topological polar surface area (TPSA) is 203 Å². The number of nitrogens with zero attached hydrogens (tertiary/aromatic N) is 3. The molecule has 16 nitrogen and oxygen atoms in total. The zero-order valence-corrected chi connectivity index (χ0v) is 32.5. The number of rotatable bonds is 19. The molecule has 0 spiro atoms. The molecular formula is C41H40FN5O11S. The molecular weight excluding hydrogens is 790 g/mol. The lowest BCUT2D eigenvalue weighted by Gasteiger charge is -2.27.